The van der Waals surface area contributed by atoms with Crippen LogP contribution in [0.15, 0.2) is 0 Å². The largest absolute Gasteiger partial charge is 0.227 e. The van der Waals surface area contributed by atoms with E-state index >= 15 is 0 Å². The lowest BCUT2D eigenvalue weighted by Crippen LogP contribution is -2.34. The van der Waals surface area contributed by atoms with Gasteiger partial charge in [0.1, 0.15) is 0 Å². The normalized spacial score (nSPS) is 28.1. The lowest BCUT2D eigenvalue weighted by molar-refractivity contribution is 0.569. The highest BCUT2D eigenvalue weighted by Crippen LogP contribution is 2.35. The van der Waals surface area contributed by atoms with Gasteiger partial charge in [0.05, 0.1) is 6.07 Å². The van der Waals surface area contributed by atoms with Crippen molar-refractivity contribution in [1.82, 2.24) is 4.72 Å². The Morgan fingerprint density at radius 3 is 2.79 bits per heavy atom. The molecule has 0 saturated heterocycles. The Bertz CT molecular complexity index is 331. The predicted octanol–water partition coefficient (Wildman–Crippen LogP) is 1.01. The second kappa shape index (κ2) is 4.28. The molecule has 0 aromatic carbocycles. The van der Waals surface area contributed by atoms with Crippen LogP contribution in [0.5, 0.6) is 0 Å². The fourth-order valence-electron chi connectivity index (χ4n) is 1.46. The van der Waals surface area contributed by atoms with Gasteiger partial charge in [-0.2, -0.15) is 5.26 Å². The van der Waals surface area contributed by atoms with Crippen LogP contribution in [0.4, 0.5) is 0 Å². The van der Waals surface area contributed by atoms with E-state index in [1.54, 1.807) is 6.07 Å². The first-order valence-electron chi connectivity index (χ1n) is 4.92. The standard InChI is InChI=1S/C9H16N2O2S/c1-3-4-8-5-9(8)11-14(12,13)7(2)6-10/h7-9,11H,3-5H2,1-2H3. The summed E-state index contributed by atoms with van der Waals surface area (Å²) in [5.74, 6) is 0.487. The molecule has 14 heavy (non-hydrogen) atoms. The van der Waals surface area contributed by atoms with Crippen molar-refractivity contribution >= 4 is 10.0 Å². The maximum absolute atomic E-state index is 11.4. The van der Waals surface area contributed by atoms with Gasteiger partial charge in [0.15, 0.2) is 5.25 Å². The monoisotopic (exact) mass is 216 g/mol. The fourth-order valence-corrected chi connectivity index (χ4v) is 2.52. The highest BCUT2D eigenvalue weighted by Gasteiger charge is 2.40. The first-order chi connectivity index (χ1) is 6.51. The summed E-state index contributed by atoms with van der Waals surface area (Å²) in [6, 6.07) is 1.81. The summed E-state index contributed by atoms with van der Waals surface area (Å²) in [6.45, 7) is 3.49. The van der Waals surface area contributed by atoms with Crippen LogP contribution in [-0.2, 0) is 10.0 Å². The molecule has 0 radical (unpaired) electrons. The Morgan fingerprint density at radius 1 is 1.64 bits per heavy atom. The van der Waals surface area contributed by atoms with E-state index in [1.165, 1.54) is 6.92 Å². The van der Waals surface area contributed by atoms with Gasteiger partial charge in [0.25, 0.3) is 0 Å². The molecule has 1 saturated carbocycles. The molecule has 1 N–H and O–H groups in total. The number of sulfonamides is 1. The summed E-state index contributed by atoms with van der Waals surface area (Å²) < 4.78 is 25.4. The second-order valence-corrected chi connectivity index (χ2v) is 5.86. The average Bonchev–Trinajstić information content (AvgIpc) is 2.82. The van der Waals surface area contributed by atoms with Crippen LogP contribution in [0.1, 0.15) is 33.1 Å². The van der Waals surface area contributed by atoms with E-state index in [9.17, 15) is 8.42 Å². The van der Waals surface area contributed by atoms with Crippen LogP contribution < -0.4 is 4.72 Å². The molecule has 5 heteroatoms. The minimum Gasteiger partial charge on any atom is -0.211 e. The molecule has 1 fully saturated rings. The molecule has 80 valence electrons. The Kier molecular flexibility index (Phi) is 3.51. The molecular weight excluding hydrogens is 200 g/mol. The van der Waals surface area contributed by atoms with E-state index in [2.05, 4.69) is 11.6 Å². The number of hydrogen-bond acceptors (Lipinski definition) is 3. The smallest absolute Gasteiger partial charge is 0.211 e. The van der Waals surface area contributed by atoms with Crippen LogP contribution in [0, 0.1) is 17.2 Å². The Hall–Kier alpha value is -0.600. The van der Waals surface area contributed by atoms with Crippen LogP contribution in [-0.4, -0.2) is 19.7 Å². The van der Waals surface area contributed by atoms with Crippen molar-refractivity contribution in [3.8, 4) is 6.07 Å². The minimum atomic E-state index is -3.41. The van der Waals surface area contributed by atoms with Crippen molar-refractivity contribution in [1.29, 1.82) is 5.26 Å². The van der Waals surface area contributed by atoms with Crippen LogP contribution in [0.2, 0.25) is 0 Å². The summed E-state index contributed by atoms with van der Waals surface area (Å²) in [5, 5.41) is 7.55. The zero-order chi connectivity index (χ0) is 10.8. The van der Waals surface area contributed by atoms with Gasteiger partial charge in [0, 0.05) is 6.04 Å². The van der Waals surface area contributed by atoms with Gasteiger partial charge in [-0.1, -0.05) is 13.3 Å². The van der Waals surface area contributed by atoms with Crippen LogP contribution in [0.3, 0.4) is 0 Å². The highest BCUT2D eigenvalue weighted by atomic mass is 32.2. The molecule has 3 unspecified atom stereocenters. The average molecular weight is 216 g/mol. The number of hydrogen-bond donors (Lipinski definition) is 1. The molecule has 0 spiro atoms. The summed E-state index contributed by atoms with van der Waals surface area (Å²) in [5.41, 5.74) is 0. The number of nitrogens with zero attached hydrogens (tertiary/aromatic N) is 1. The first-order valence-corrected chi connectivity index (χ1v) is 6.46. The highest BCUT2D eigenvalue weighted by molar-refractivity contribution is 7.90. The molecule has 1 aliphatic rings. The molecule has 0 aliphatic heterocycles. The predicted molar refractivity (Wildman–Crippen MR) is 53.9 cm³/mol. The van der Waals surface area contributed by atoms with Crippen LogP contribution >= 0.6 is 0 Å². The topological polar surface area (TPSA) is 70.0 Å². The van der Waals surface area contributed by atoms with Gasteiger partial charge >= 0.3 is 0 Å². The third-order valence-electron chi connectivity index (χ3n) is 2.54. The molecule has 0 aromatic heterocycles. The van der Waals surface area contributed by atoms with Crippen molar-refractivity contribution in [2.45, 2.75) is 44.4 Å². The van der Waals surface area contributed by atoms with E-state index in [4.69, 9.17) is 5.26 Å². The molecule has 1 rings (SSSR count). The Morgan fingerprint density at radius 2 is 2.29 bits per heavy atom. The SMILES string of the molecule is CCCC1CC1NS(=O)(=O)C(C)C#N. The number of rotatable bonds is 5. The molecule has 0 amide bonds. The van der Waals surface area contributed by atoms with Gasteiger partial charge in [-0.15, -0.1) is 0 Å². The van der Waals surface area contributed by atoms with Crippen molar-refractivity contribution in [2.24, 2.45) is 5.92 Å². The minimum absolute atomic E-state index is 0.0794. The molecule has 4 nitrogen and oxygen atoms in total. The summed E-state index contributed by atoms with van der Waals surface area (Å²) in [6.07, 6.45) is 3.07. The lowest BCUT2D eigenvalue weighted by atomic mass is 10.2. The molecular formula is C9H16N2O2S. The van der Waals surface area contributed by atoms with Gasteiger partial charge in [-0.25, -0.2) is 13.1 Å². The summed E-state index contributed by atoms with van der Waals surface area (Å²) in [7, 11) is -3.41. The van der Waals surface area contributed by atoms with Crippen molar-refractivity contribution in [3.05, 3.63) is 0 Å². The van der Waals surface area contributed by atoms with E-state index in [1.807, 2.05) is 0 Å². The van der Waals surface area contributed by atoms with E-state index in [0.29, 0.717) is 5.92 Å². The second-order valence-electron chi connectivity index (χ2n) is 3.83. The van der Waals surface area contributed by atoms with Gasteiger partial charge in [-0.05, 0) is 25.7 Å². The van der Waals surface area contributed by atoms with Gasteiger partial charge < -0.3 is 0 Å². The molecule has 0 bridgehead atoms. The number of nitriles is 1. The molecule has 1 aliphatic carbocycles. The quantitative estimate of drug-likeness (QED) is 0.745. The first kappa shape index (κ1) is 11.5. The fraction of sp³-hybridized carbons (Fsp3) is 0.889. The molecule has 0 heterocycles. The maximum Gasteiger partial charge on any atom is 0.227 e. The summed E-state index contributed by atoms with van der Waals surface area (Å²) in [4.78, 5) is 0. The third kappa shape index (κ3) is 2.69. The summed E-state index contributed by atoms with van der Waals surface area (Å²) >= 11 is 0. The Labute approximate surface area is 85.4 Å². The zero-order valence-electron chi connectivity index (χ0n) is 8.53. The lowest BCUT2D eigenvalue weighted by Gasteiger charge is -2.06. The van der Waals surface area contributed by atoms with Crippen molar-refractivity contribution in [3.63, 3.8) is 0 Å². The van der Waals surface area contributed by atoms with Crippen molar-refractivity contribution < 1.29 is 8.42 Å². The van der Waals surface area contributed by atoms with E-state index in [-0.39, 0.29) is 6.04 Å². The number of nitrogens with one attached hydrogen (secondary N) is 1. The zero-order valence-corrected chi connectivity index (χ0v) is 9.34. The van der Waals surface area contributed by atoms with Crippen LogP contribution in [0.25, 0.3) is 0 Å². The van der Waals surface area contributed by atoms with Gasteiger partial charge in [0.2, 0.25) is 10.0 Å². The van der Waals surface area contributed by atoms with Crippen molar-refractivity contribution in [2.75, 3.05) is 0 Å². The van der Waals surface area contributed by atoms with E-state index in [0.717, 1.165) is 19.3 Å². The third-order valence-corrected chi connectivity index (χ3v) is 4.21. The molecule has 0 aromatic rings. The maximum atomic E-state index is 11.4. The Balaban J connectivity index is 2.44. The molecule has 3 atom stereocenters. The van der Waals surface area contributed by atoms with E-state index < -0.39 is 15.3 Å². The van der Waals surface area contributed by atoms with Gasteiger partial charge in [-0.3, -0.25) is 0 Å².